The molecule has 2 aromatic rings. The van der Waals surface area contributed by atoms with E-state index in [1.165, 1.54) is 12.0 Å². The van der Waals surface area contributed by atoms with Crippen molar-refractivity contribution in [3.8, 4) is 11.8 Å². The Morgan fingerprint density at radius 3 is 2.72 bits per heavy atom. The Kier molecular flexibility index (Phi) is 3.63. The SMILES string of the molecule is COc1ccc(C[C@H](C)c2ocnc2C#N)cc1. The van der Waals surface area contributed by atoms with Crippen LogP contribution in [-0.4, -0.2) is 12.1 Å². The molecule has 0 bridgehead atoms. The van der Waals surface area contributed by atoms with Crippen LogP contribution in [0.3, 0.4) is 0 Å². The molecular weight excluding hydrogens is 228 g/mol. The van der Waals surface area contributed by atoms with E-state index in [0.29, 0.717) is 11.5 Å². The lowest BCUT2D eigenvalue weighted by atomic mass is 9.98. The average Bonchev–Trinajstić information content (AvgIpc) is 2.88. The minimum Gasteiger partial charge on any atom is -0.497 e. The van der Waals surface area contributed by atoms with Gasteiger partial charge in [-0.15, -0.1) is 0 Å². The zero-order chi connectivity index (χ0) is 13.0. The molecule has 0 unspecified atom stereocenters. The number of methoxy groups -OCH3 is 1. The third kappa shape index (κ3) is 2.51. The first-order valence-corrected chi connectivity index (χ1v) is 5.71. The summed E-state index contributed by atoms with van der Waals surface area (Å²) in [5, 5.41) is 8.90. The van der Waals surface area contributed by atoms with E-state index in [1.807, 2.05) is 37.3 Å². The first kappa shape index (κ1) is 12.2. The lowest BCUT2D eigenvalue weighted by Gasteiger charge is -2.09. The van der Waals surface area contributed by atoms with E-state index in [0.717, 1.165) is 12.2 Å². The summed E-state index contributed by atoms with van der Waals surface area (Å²) in [5.74, 6) is 1.60. The van der Waals surface area contributed by atoms with Gasteiger partial charge >= 0.3 is 0 Å². The number of hydrogen-bond acceptors (Lipinski definition) is 4. The number of nitriles is 1. The van der Waals surface area contributed by atoms with Gasteiger partial charge in [0.25, 0.3) is 0 Å². The molecule has 18 heavy (non-hydrogen) atoms. The van der Waals surface area contributed by atoms with E-state index in [9.17, 15) is 0 Å². The molecule has 0 saturated carbocycles. The highest BCUT2D eigenvalue weighted by Crippen LogP contribution is 2.23. The molecule has 1 aromatic heterocycles. The summed E-state index contributed by atoms with van der Waals surface area (Å²) in [6.07, 6.45) is 2.12. The van der Waals surface area contributed by atoms with Gasteiger partial charge in [0.1, 0.15) is 17.6 Å². The number of rotatable bonds is 4. The number of oxazole rings is 1. The minimum atomic E-state index is 0.121. The summed E-state index contributed by atoms with van der Waals surface area (Å²) < 4.78 is 10.4. The quantitative estimate of drug-likeness (QED) is 0.827. The number of ether oxygens (including phenoxy) is 1. The average molecular weight is 242 g/mol. The Hall–Kier alpha value is -2.28. The van der Waals surface area contributed by atoms with Crippen molar-refractivity contribution >= 4 is 0 Å². The Bertz CT molecular complexity index is 552. The fourth-order valence-electron chi connectivity index (χ4n) is 1.90. The maximum Gasteiger partial charge on any atom is 0.182 e. The minimum absolute atomic E-state index is 0.121. The van der Waals surface area contributed by atoms with Gasteiger partial charge in [-0.25, -0.2) is 4.98 Å². The van der Waals surface area contributed by atoms with Crippen LogP contribution in [0, 0.1) is 11.3 Å². The molecule has 4 nitrogen and oxygen atoms in total. The van der Waals surface area contributed by atoms with Crippen LogP contribution in [0.15, 0.2) is 35.1 Å². The van der Waals surface area contributed by atoms with Crippen LogP contribution in [0.5, 0.6) is 5.75 Å². The first-order chi connectivity index (χ1) is 8.74. The van der Waals surface area contributed by atoms with Crippen LogP contribution in [0.1, 0.15) is 29.9 Å². The number of nitrogens with zero attached hydrogens (tertiary/aromatic N) is 2. The largest absolute Gasteiger partial charge is 0.497 e. The van der Waals surface area contributed by atoms with Crippen LogP contribution in [0.4, 0.5) is 0 Å². The lowest BCUT2D eigenvalue weighted by Crippen LogP contribution is -1.99. The third-order valence-corrected chi connectivity index (χ3v) is 2.85. The smallest absolute Gasteiger partial charge is 0.182 e. The molecule has 0 aliphatic rings. The molecule has 2 rings (SSSR count). The maximum atomic E-state index is 8.90. The maximum absolute atomic E-state index is 8.90. The molecule has 0 spiro atoms. The first-order valence-electron chi connectivity index (χ1n) is 5.71. The molecule has 1 heterocycles. The molecule has 4 heteroatoms. The monoisotopic (exact) mass is 242 g/mol. The van der Waals surface area contributed by atoms with Crippen molar-refractivity contribution in [2.24, 2.45) is 0 Å². The Morgan fingerprint density at radius 2 is 2.11 bits per heavy atom. The van der Waals surface area contributed by atoms with Crippen molar-refractivity contribution < 1.29 is 9.15 Å². The van der Waals surface area contributed by atoms with E-state index < -0.39 is 0 Å². The standard InChI is InChI=1S/C14H14N2O2/c1-10(14-13(8-15)16-9-18-14)7-11-3-5-12(17-2)6-4-11/h3-6,9-10H,7H2,1-2H3/t10-/m0/s1. The molecule has 0 amide bonds. The summed E-state index contributed by atoms with van der Waals surface area (Å²) in [6, 6.07) is 9.91. The number of aromatic nitrogens is 1. The van der Waals surface area contributed by atoms with E-state index in [-0.39, 0.29) is 5.92 Å². The fraction of sp³-hybridized carbons (Fsp3) is 0.286. The zero-order valence-corrected chi connectivity index (χ0v) is 10.4. The summed E-state index contributed by atoms with van der Waals surface area (Å²) in [7, 11) is 1.64. The molecule has 0 saturated heterocycles. The predicted molar refractivity (Wildman–Crippen MR) is 66.3 cm³/mol. The molecule has 1 atom stereocenters. The van der Waals surface area contributed by atoms with Crippen molar-refractivity contribution in [2.45, 2.75) is 19.3 Å². The third-order valence-electron chi connectivity index (χ3n) is 2.85. The van der Waals surface area contributed by atoms with Crippen molar-refractivity contribution in [3.05, 3.63) is 47.7 Å². The molecule has 92 valence electrons. The molecule has 0 N–H and O–H groups in total. The van der Waals surface area contributed by atoms with E-state index in [2.05, 4.69) is 4.98 Å². The van der Waals surface area contributed by atoms with Crippen molar-refractivity contribution in [2.75, 3.05) is 7.11 Å². The van der Waals surface area contributed by atoms with Gasteiger partial charge in [-0.1, -0.05) is 19.1 Å². The highest BCUT2D eigenvalue weighted by atomic mass is 16.5. The van der Waals surface area contributed by atoms with Gasteiger partial charge in [0.2, 0.25) is 0 Å². The Morgan fingerprint density at radius 1 is 1.39 bits per heavy atom. The van der Waals surface area contributed by atoms with Gasteiger partial charge in [-0.2, -0.15) is 5.26 Å². The van der Waals surface area contributed by atoms with E-state index in [1.54, 1.807) is 7.11 Å². The number of hydrogen-bond donors (Lipinski definition) is 0. The van der Waals surface area contributed by atoms with Crippen molar-refractivity contribution in [1.29, 1.82) is 5.26 Å². The normalized spacial score (nSPS) is 11.8. The second-order valence-corrected chi connectivity index (χ2v) is 4.13. The highest BCUT2D eigenvalue weighted by Gasteiger charge is 2.16. The zero-order valence-electron chi connectivity index (χ0n) is 10.4. The lowest BCUT2D eigenvalue weighted by molar-refractivity contribution is 0.414. The van der Waals surface area contributed by atoms with Gasteiger partial charge in [-0.3, -0.25) is 0 Å². The molecular formula is C14H14N2O2. The molecule has 0 fully saturated rings. The molecule has 0 radical (unpaired) electrons. The number of benzene rings is 1. The molecule has 0 aliphatic carbocycles. The summed E-state index contributed by atoms with van der Waals surface area (Å²) in [6.45, 7) is 2.02. The molecule has 0 aliphatic heterocycles. The van der Waals surface area contributed by atoms with Gasteiger partial charge in [0, 0.05) is 5.92 Å². The summed E-state index contributed by atoms with van der Waals surface area (Å²) in [4.78, 5) is 3.88. The van der Waals surface area contributed by atoms with Gasteiger partial charge < -0.3 is 9.15 Å². The highest BCUT2D eigenvalue weighted by molar-refractivity contribution is 5.30. The van der Waals surface area contributed by atoms with Crippen LogP contribution < -0.4 is 4.74 Å². The fourth-order valence-corrected chi connectivity index (χ4v) is 1.90. The predicted octanol–water partition coefficient (Wildman–Crippen LogP) is 2.90. The summed E-state index contributed by atoms with van der Waals surface area (Å²) >= 11 is 0. The van der Waals surface area contributed by atoms with Gasteiger partial charge in [-0.05, 0) is 24.1 Å². The van der Waals surface area contributed by atoms with Crippen LogP contribution >= 0.6 is 0 Å². The van der Waals surface area contributed by atoms with Crippen LogP contribution in [0.25, 0.3) is 0 Å². The Balaban J connectivity index is 2.11. The topological polar surface area (TPSA) is 59.1 Å². The van der Waals surface area contributed by atoms with Crippen LogP contribution in [-0.2, 0) is 6.42 Å². The molecule has 1 aromatic carbocycles. The van der Waals surface area contributed by atoms with Gasteiger partial charge in [0.15, 0.2) is 12.1 Å². The second-order valence-electron chi connectivity index (χ2n) is 4.13. The summed E-state index contributed by atoms with van der Waals surface area (Å²) in [5.41, 5.74) is 1.54. The van der Waals surface area contributed by atoms with Gasteiger partial charge in [0.05, 0.1) is 7.11 Å². The second kappa shape index (κ2) is 5.37. The van der Waals surface area contributed by atoms with Crippen LogP contribution in [0.2, 0.25) is 0 Å². The van der Waals surface area contributed by atoms with Crippen molar-refractivity contribution in [3.63, 3.8) is 0 Å². The van der Waals surface area contributed by atoms with Crippen molar-refractivity contribution in [1.82, 2.24) is 4.98 Å². The Labute approximate surface area is 106 Å². The van der Waals surface area contributed by atoms with E-state index in [4.69, 9.17) is 14.4 Å². The van der Waals surface area contributed by atoms with E-state index >= 15 is 0 Å².